The van der Waals surface area contributed by atoms with Crippen LogP contribution in [0, 0.1) is 0 Å². The molecule has 0 atom stereocenters. The average Bonchev–Trinajstić information content (AvgIpc) is 2.20. The average molecular weight is 256 g/mol. The summed E-state index contributed by atoms with van der Waals surface area (Å²) in [6.45, 7) is 0. The molecular formula is C10H10BrNO2. The number of hydrogen-bond donors (Lipinski definition) is 1. The van der Waals surface area contributed by atoms with E-state index >= 15 is 0 Å². The van der Waals surface area contributed by atoms with Crippen LogP contribution in [0.1, 0.15) is 5.56 Å². The van der Waals surface area contributed by atoms with Crippen LogP contribution in [0.4, 0.5) is 5.69 Å². The van der Waals surface area contributed by atoms with Crippen LogP contribution in [0.25, 0.3) is 6.08 Å². The zero-order chi connectivity index (χ0) is 10.6. The molecule has 0 radical (unpaired) electrons. The quantitative estimate of drug-likeness (QED) is 0.501. The monoisotopic (exact) mass is 255 g/mol. The molecule has 0 bridgehead atoms. The first-order valence-corrected chi connectivity index (χ1v) is 4.74. The second-order valence-corrected chi connectivity index (χ2v) is 3.50. The number of nitrogen functional groups attached to an aromatic ring is 1. The summed E-state index contributed by atoms with van der Waals surface area (Å²) in [5.74, 6) is -0.401. The first kappa shape index (κ1) is 10.8. The standard InChI is InChI=1S/C10H10BrNO2/c1-14-10(13)9(11)6-7-2-4-8(12)5-3-7/h2-6H,12H2,1H3/b9-6-. The number of benzene rings is 1. The number of ether oxygens (including phenoxy) is 1. The maximum atomic E-state index is 11.0. The van der Waals surface area contributed by atoms with Gasteiger partial charge in [0.15, 0.2) is 0 Å². The first-order chi connectivity index (χ1) is 6.63. The van der Waals surface area contributed by atoms with Gasteiger partial charge in [-0.2, -0.15) is 0 Å². The summed E-state index contributed by atoms with van der Waals surface area (Å²) in [6.07, 6.45) is 1.67. The van der Waals surface area contributed by atoms with Gasteiger partial charge in [0.2, 0.25) is 0 Å². The van der Waals surface area contributed by atoms with Gasteiger partial charge in [0.1, 0.15) is 4.48 Å². The number of hydrogen-bond acceptors (Lipinski definition) is 3. The summed E-state index contributed by atoms with van der Waals surface area (Å²) in [4.78, 5) is 11.0. The van der Waals surface area contributed by atoms with Gasteiger partial charge in [-0.3, -0.25) is 0 Å². The van der Waals surface area contributed by atoms with Crippen molar-refractivity contribution in [2.45, 2.75) is 0 Å². The van der Waals surface area contributed by atoms with Crippen molar-refractivity contribution < 1.29 is 9.53 Å². The third-order valence-electron chi connectivity index (χ3n) is 1.61. The minimum Gasteiger partial charge on any atom is -0.465 e. The topological polar surface area (TPSA) is 52.3 Å². The first-order valence-electron chi connectivity index (χ1n) is 3.94. The third kappa shape index (κ3) is 2.88. The Bertz CT molecular complexity index is 357. The van der Waals surface area contributed by atoms with E-state index in [4.69, 9.17) is 5.73 Å². The molecule has 0 spiro atoms. The molecule has 0 aliphatic carbocycles. The van der Waals surface area contributed by atoms with Crippen molar-refractivity contribution in [3.05, 3.63) is 34.3 Å². The third-order valence-corrected chi connectivity index (χ3v) is 2.16. The van der Waals surface area contributed by atoms with Gasteiger partial charge in [0.05, 0.1) is 7.11 Å². The Morgan fingerprint density at radius 2 is 2.00 bits per heavy atom. The van der Waals surface area contributed by atoms with Crippen LogP contribution in [0.15, 0.2) is 28.7 Å². The van der Waals surface area contributed by atoms with Crippen LogP contribution in [0.3, 0.4) is 0 Å². The largest absolute Gasteiger partial charge is 0.465 e. The van der Waals surface area contributed by atoms with E-state index < -0.39 is 5.97 Å². The highest BCUT2D eigenvalue weighted by atomic mass is 79.9. The lowest BCUT2D eigenvalue weighted by Crippen LogP contribution is -1.98. The molecule has 0 fully saturated rings. The normalized spacial score (nSPS) is 11.1. The number of nitrogens with two attached hydrogens (primary N) is 1. The Morgan fingerprint density at radius 1 is 1.43 bits per heavy atom. The predicted molar refractivity (Wildman–Crippen MR) is 59.8 cm³/mol. The molecule has 74 valence electrons. The van der Waals surface area contributed by atoms with Crippen LogP contribution in [-0.2, 0) is 9.53 Å². The zero-order valence-electron chi connectivity index (χ0n) is 7.66. The number of carbonyl (C=O) groups is 1. The molecule has 1 aromatic carbocycles. The van der Waals surface area contributed by atoms with Gasteiger partial charge < -0.3 is 10.5 Å². The van der Waals surface area contributed by atoms with E-state index in [0.717, 1.165) is 5.56 Å². The molecule has 1 aromatic rings. The van der Waals surface area contributed by atoms with E-state index in [2.05, 4.69) is 20.7 Å². The molecule has 2 N–H and O–H groups in total. The Kier molecular flexibility index (Phi) is 3.71. The number of anilines is 1. The molecule has 0 heterocycles. The van der Waals surface area contributed by atoms with Crippen molar-refractivity contribution in [2.75, 3.05) is 12.8 Å². The van der Waals surface area contributed by atoms with Gasteiger partial charge in [-0.1, -0.05) is 12.1 Å². The fourth-order valence-corrected chi connectivity index (χ4v) is 1.32. The lowest BCUT2D eigenvalue weighted by atomic mass is 10.2. The maximum Gasteiger partial charge on any atom is 0.344 e. The number of esters is 1. The van der Waals surface area contributed by atoms with Crippen molar-refractivity contribution in [1.29, 1.82) is 0 Å². The Hall–Kier alpha value is -1.29. The number of methoxy groups -OCH3 is 1. The number of rotatable bonds is 2. The van der Waals surface area contributed by atoms with Gasteiger partial charge in [-0.05, 0) is 39.7 Å². The summed E-state index contributed by atoms with van der Waals surface area (Å²) in [7, 11) is 1.33. The molecule has 0 aliphatic heterocycles. The molecule has 0 unspecified atom stereocenters. The summed E-state index contributed by atoms with van der Waals surface area (Å²) in [5.41, 5.74) is 7.10. The molecule has 3 nitrogen and oxygen atoms in total. The Balaban J connectivity index is 2.86. The molecular weight excluding hydrogens is 246 g/mol. The second-order valence-electron chi connectivity index (χ2n) is 2.65. The second kappa shape index (κ2) is 4.81. The molecule has 0 aromatic heterocycles. The van der Waals surface area contributed by atoms with Gasteiger partial charge in [0.25, 0.3) is 0 Å². The smallest absolute Gasteiger partial charge is 0.344 e. The SMILES string of the molecule is COC(=O)/C(Br)=C/c1ccc(N)cc1. The van der Waals surface area contributed by atoms with Crippen LogP contribution < -0.4 is 5.73 Å². The van der Waals surface area contributed by atoms with E-state index in [9.17, 15) is 4.79 Å². The number of halogens is 1. The van der Waals surface area contributed by atoms with Gasteiger partial charge in [0, 0.05) is 5.69 Å². The minimum atomic E-state index is -0.401. The highest BCUT2D eigenvalue weighted by Gasteiger charge is 2.04. The zero-order valence-corrected chi connectivity index (χ0v) is 9.24. The van der Waals surface area contributed by atoms with Crippen LogP contribution in [-0.4, -0.2) is 13.1 Å². The van der Waals surface area contributed by atoms with Crippen molar-refractivity contribution in [1.82, 2.24) is 0 Å². The molecule has 14 heavy (non-hydrogen) atoms. The van der Waals surface area contributed by atoms with Crippen LogP contribution in [0.5, 0.6) is 0 Å². The summed E-state index contributed by atoms with van der Waals surface area (Å²) in [5, 5.41) is 0. The van der Waals surface area contributed by atoms with Crippen molar-refractivity contribution in [3.63, 3.8) is 0 Å². The summed E-state index contributed by atoms with van der Waals surface area (Å²) >= 11 is 3.11. The van der Waals surface area contributed by atoms with Crippen LogP contribution >= 0.6 is 15.9 Å². The summed E-state index contributed by atoms with van der Waals surface area (Å²) < 4.78 is 4.91. The maximum absolute atomic E-state index is 11.0. The highest BCUT2D eigenvalue weighted by Crippen LogP contribution is 2.14. The Morgan fingerprint density at radius 3 is 2.50 bits per heavy atom. The minimum absolute atomic E-state index is 0.379. The van der Waals surface area contributed by atoms with E-state index in [1.807, 2.05) is 12.1 Å². The van der Waals surface area contributed by atoms with E-state index in [1.54, 1.807) is 18.2 Å². The lowest BCUT2D eigenvalue weighted by molar-refractivity contribution is -0.135. The number of carbonyl (C=O) groups excluding carboxylic acids is 1. The van der Waals surface area contributed by atoms with Gasteiger partial charge in [-0.15, -0.1) is 0 Å². The predicted octanol–water partition coefficient (Wildman–Crippen LogP) is 2.18. The van der Waals surface area contributed by atoms with E-state index in [-0.39, 0.29) is 0 Å². The van der Waals surface area contributed by atoms with E-state index in [1.165, 1.54) is 7.11 Å². The molecule has 0 amide bonds. The van der Waals surface area contributed by atoms with Crippen LogP contribution in [0.2, 0.25) is 0 Å². The van der Waals surface area contributed by atoms with Crippen molar-refractivity contribution in [2.24, 2.45) is 0 Å². The molecule has 4 heteroatoms. The van der Waals surface area contributed by atoms with Crippen molar-refractivity contribution >= 4 is 33.7 Å². The van der Waals surface area contributed by atoms with Gasteiger partial charge >= 0.3 is 5.97 Å². The lowest BCUT2D eigenvalue weighted by Gasteiger charge is -1.98. The highest BCUT2D eigenvalue weighted by molar-refractivity contribution is 9.12. The van der Waals surface area contributed by atoms with Gasteiger partial charge in [-0.25, -0.2) is 4.79 Å². The Labute approximate surface area is 90.7 Å². The van der Waals surface area contributed by atoms with E-state index in [0.29, 0.717) is 10.2 Å². The molecule has 0 aliphatic rings. The fourth-order valence-electron chi connectivity index (χ4n) is 0.895. The summed E-state index contributed by atoms with van der Waals surface area (Å²) in [6, 6.07) is 7.17. The van der Waals surface area contributed by atoms with Crippen molar-refractivity contribution in [3.8, 4) is 0 Å². The molecule has 1 rings (SSSR count). The molecule has 0 saturated heterocycles. The fraction of sp³-hybridized carbons (Fsp3) is 0.100. The molecule has 0 saturated carbocycles.